The van der Waals surface area contributed by atoms with E-state index in [2.05, 4.69) is 4.98 Å². The molecule has 7 nitrogen and oxygen atoms in total. The maximum absolute atomic E-state index is 12.4. The summed E-state index contributed by atoms with van der Waals surface area (Å²) in [6.45, 7) is 3.95. The number of carbonyl (C=O) groups excluding carboxylic acids is 2. The number of carboxylic acid groups (broad SMARTS) is 1. The largest absolute Gasteiger partial charge is 0.478 e. The van der Waals surface area contributed by atoms with Gasteiger partial charge in [0.25, 0.3) is 5.91 Å². The maximum atomic E-state index is 12.4. The van der Waals surface area contributed by atoms with Gasteiger partial charge in [-0.25, -0.2) is 9.78 Å². The van der Waals surface area contributed by atoms with E-state index in [1.807, 2.05) is 0 Å². The van der Waals surface area contributed by atoms with Crippen LogP contribution in [0.25, 0.3) is 0 Å². The van der Waals surface area contributed by atoms with Crippen LogP contribution < -0.4 is 5.73 Å². The Kier molecular flexibility index (Phi) is 3.67. The van der Waals surface area contributed by atoms with Gasteiger partial charge in [-0.1, -0.05) is 0 Å². The molecular formula is C14H17N3O4. The third-order valence-corrected chi connectivity index (χ3v) is 3.89. The Hall–Kier alpha value is -2.44. The molecule has 1 aliphatic heterocycles. The molecule has 0 spiro atoms. The maximum Gasteiger partial charge on any atom is 0.337 e. The van der Waals surface area contributed by atoms with Crippen LogP contribution in [0.3, 0.4) is 0 Å². The second-order valence-electron chi connectivity index (χ2n) is 5.54. The molecule has 0 radical (unpaired) electrons. The quantitative estimate of drug-likeness (QED) is 0.838. The van der Waals surface area contributed by atoms with Gasteiger partial charge >= 0.3 is 5.97 Å². The number of carboxylic acids is 1. The normalized spacial score (nSPS) is 21.3. The molecule has 112 valence electrons. The van der Waals surface area contributed by atoms with Gasteiger partial charge in [-0.2, -0.15) is 0 Å². The zero-order chi connectivity index (χ0) is 15.8. The smallest absolute Gasteiger partial charge is 0.337 e. The van der Waals surface area contributed by atoms with Gasteiger partial charge in [0.05, 0.1) is 16.7 Å². The van der Waals surface area contributed by atoms with Crippen LogP contribution >= 0.6 is 0 Å². The first-order valence-electron chi connectivity index (χ1n) is 6.55. The lowest BCUT2D eigenvalue weighted by molar-refractivity contribution is -0.126. The number of hydrogen-bond donors (Lipinski definition) is 2. The van der Waals surface area contributed by atoms with Crippen molar-refractivity contribution in [3.8, 4) is 0 Å². The Morgan fingerprint density at radius 1 is 1.38 bits per heavy atom. The molecule has 2 rings (SSSR count). The molecule has 1 aliphatic rings. The number of rotatable bonds is 3. The molecule has 7 heteroatoms. The van der Waals surface area contributed by atoms with Crippen LogP contribution in [-0.4, -0.2) is 45.9 Å². The fraction of sp³-hybridized carbons (Fsp3) is 0.429. The van der Waals surface area contributed by atoms with Gasteiger partial charge in [0.1, 0.15) is 5.69 Å². The van der Waals surface area contributed by atoms with E-state index in [9.17, 15) is 14.4 Å². The van der Waals surface area contributed by atoms with E-state index < -0.39 is 17.3 Å². The first-order valence-corrected chi connectivity index (χ1v) is 6.55. The summed E-state index contributed by atoms with van der Waals surface area (Å²) in [5.74, 6) is -1.83. The highest BCUT2D eigenvalue weighted by molar-refractivity contribution is 5.95. The van der Waals surface area contributed by atoms with Crippen LogP contribution in [0.15, 0.2) is 12.1 Å². The van der Waals surface area contributed by atoms with Crippen LogP contribution in [0.2, 0.25) is 0 Å². The predicted octanol–water partition coefficient (Wildman–Crippen LogP) is 0.426. The Morgan fingerprint density at radius 3 is 2.52 bits per heavy atom. The van der Waals surface area contributed by atoms with E-state index in [-0.39, 0.29) is 29.4 Å². The van der Waals surface area contributed by atoms with Crippen molar-refractivity contribution in [2.24, 2.45) is 11.1 Å². The molecule has 0 bridgehead atoms. The Balaban J connectivity index is 2.20. The lowest BCUT2D eigenvalue weighted by Gasteiger charge is -2.21. The summed E-state index contributed by atoms with van der Waals surface area (Å²) in [7, 11) is 0. The van der Waals surface area contributed by atoms with Gasteiger partial charge in [-0.05, 0) is 32.4 Å². The van der Waals surface area contributed by atoms with Gasteiger partial charge in [0.15, 0.2) is 0 Å². The molecule has 0 aliphatic carbocycles. The summed E-state index contributed by atoms with van der Waals surface area (Å²) in [6, 6.07) is 2.75. The van der Waals surface area contributed by atoms with Crippen LogP contribution in [0.4, 0.5) is 0 Å². The van der Waals surface area contributed by atoms with Gasteiger partial charge in [-0.15, -0.1) is 0 Å². The molecule has 1 aromatic heterocycles. The minimum absolute atomic E-state index is 0.0648. The van der Waals surface area contributed by atoms with Crippen molar-refractivity contribution in [1.82, 2.24) is 9.88 Å². The zero-order valence-electron chi connectivity index (χ0n) is 11.9. The molecule has 2 amide bonds. The number of primary amides is 1. The molecule has 1 unspecified atom stereocenters. The first-order chi connectivity index (χ1) is 9.74. The van der Waals surface area contributed by atoms with Gasteiger partial charge in [-0.3, -0.25) is 9.59 Å². The Bertz CT molecular complexity index is 629. The van der Waals surface area contributed by atoms with Crippen LogP contribution in [-0.2, 0) is 4.79 Å². The first kappa shape index (κ1) is 15.0. The standard InChI is InChI=1S/C14H17N3O4/c1-8-9(12(19)20)3-4-10(16-8)11(18)17-6-5-14(2,7-17)13(15)21/h3-4H,5-7H2,1-2H3,(H2,15,21)(H,19,20). The molecule has 3 N–H and O–H groups in total. The molecule has 1 saturated heterocycles. The van der Waals surface area contributed by atoms with Gasteiger partial charge in [0.2, 0.25) is 5.91 Å². The monoisotopic (exact) mass is 291 g/mol. The number of aromatic nitrogens is 1. The third-order valence-electron chi connectivity index (χ3n) is 3.89. The summed E-state index contributed by atoms with van der Waals surface area (Å²) in [5, 5.41) is 8.95. The van der Waals surface area contributed by atoms with Crippen molar-refractivity contribution in [2.45, 2.75) is 20.3 Å². The van der Waals surface area contributed by atoms with Crippen LogP contribution in [0, 0.1) is 12.3 Å². The fourth-order valence-corrected chi connectivity index (χ4v) is 2.40. The van der Waals surface area contributed by atoms with Crippen molar-refractivity contribution in [3.05, 3.63) is 29.1 Å². The number of nitrogens with two attached hydrogens (primary N) is 1. The number of hydrogen-bond acceptors (Lipinski definition) is 4. The van der Waals surface area contributed by atoms with Crippen molar-refractivity contribution < 1.29 is 19.5 Å². The van der Waals surface area contributed by atoms with E-state index in [0.717, 1.165) is 0 Å². The van der Waals surface area contributed by atoms with Crippen molar-refractivity contribution in [3.63, 3.8) is 0 Å². The van der Waals surface area contributed by atoms with E-state index in [1.165, 1.54) is 24.0 Å². The number of aryl methyl sites for hydroxylation is 1. The molecular weight excluding hydrogens is 274 g/mol. The number of likely N-dealkylation sites (tertiary alicyclic amines) is 1. The molecule has 21 heavy (non-hydrogen) atoms. The molecule has 1 fully saturated rings. The van der Waals surface area contributed by atoms with Crippen molar-refractivity contribution in [2.75, 3.05) is 13.1 Å². The molecule has 1 atom stereocenters. The topological polar surface area (TPSA) is 114 Å². The molecule has 0 saturated carbocycles. The molecule has 1 aromatic rings. The second kappa shape index (κ2) is 5.16. The minimum atomic E-state index is -1.08. The highest BCUT2D eigenvalue weighted by atomic mass is 16.4. The number of amides is 2. The summed E-state index contributed by atoms with van der Waals surface area (Å²) in [5.41, 5.74) is 5.16. The van der Waals surface area contributed by atoms with Crippen molar-refractivity contribution >= 4 is 17.8 Å². The van der Waals surface area contributed by atoms with Crippen molar-refractivity contribution in [1.29, 1.82) is 0 Å². The van der Waals surface area contributed by atoms with Gasteiger partial charge in [0, 0.05) is 13.1 Å². The summed E-state index contributed by atoms with van der Waals surface area (Å²) >= 11 is 0. The number of nitrogens with zero attached hydrogens (tertiary/aromatic N) is 2. The lowest BCUT2D eigenvalue weighted by Crippen LogP contribution is -2.38. The molecule has 0 aromatic carbocycles. The van der Waals surface area contributed by atoms with E-state index >= 15 is 0 Å². The number of aromatic carboxylic acids is 1. The van der Waals surface area contributed by atoms with E-state index in [0.29, 0.717) is 13.0 Å². The average molecular weight is 291 g/mol. The summed E-state index contributed by atoms with van der Waals surface area (Å²) in [4.78, 5) is 40.3. The summed E-state index contributed by atoms with van der Waals surface area (Å²) < 4.78 is 0. The third kappa shape index (κ3) is 2.72. The Morgan fingerprint density at radius 2 is 2.05 bits per heavy atom. The Labute approximate surface area is 121 Å². The second-order valence-corrected chi connectivity index (χ2v) is 5.54. The average Bonchev–Trinajstić information content (AvgIpc) is 2.81. The SMILES string of the molecule is Cc1nc(C(=O)N2CCC(C)(C(N)=O)C2)ccc1C(=O)O. The minimum Gasteiger partial charge on any atom is -0.478 e. The predicted molar refractivity (Wildman–Crippen MR) is 73.8 cm³/mol. The lowest BCUT2D eigenvalue weighted by atomic mass is 9.89. The summed E-state index contributed by atoms with van der Waals surface area (Å²) in [6.07, 6.45) is 0.514. The zero-order valence-corrected chi connectivity index (χ0v) is 11.9. The fourth-order valence-electron chi connectivity index (χ4n) is 2.40. The van der Waals surface area contributed by atoms with Crippen LogP contribution in [0.1, 0.15) is 39.9 Å². The van der Waals surface area contributed by atoms with Gasteiger partial charge < -0.3 is 15.7 Å². The number of pyridine rings is 1. The van der Waals surface area contributed by atoms with Crippen LogP contribution in [0.5, 0.6) is 0 Å². The van der Waals surface area contributed by atoms with E-state index in [1.54, 1.807) is 6.92 Å². The van der Waals surface area contributed by atoms with E-state index in [4.69, 9.17) is 10.8 Å². The molecule has 2 heterocycles. The highest BCUT2D eigenvalue weighted by Gasteiger charge is 2.41. The highest BCUT2D eigenvalue weighted by Crippen LogP contribution is 2.30. The number of carbonyl (C=O) groups is 3.